The Morgan fingerprint density at radius 2 is 2.09 bits per heavy atom. The van der Waals surface area contributed by atoms with Gasteiger partial charge in [0.05, 0.1) is 17.1 Å². The Kier molecular flexibility index (Phi) is 5.19. The Hall–Kier alpha value is -3.23. The molecular weight excluding hydrogens is 474 g/mol. The first kappa shape index (κ1) is 20.7. The highest BCUT2D eigenvalue weighted by molar-refractivity contribution is 7.99. The molecule has 1 aliphatic rings. The number of anilines is 2. The molecule has 3 aromatic heterocycles. The molecule has 0 spiro atoms. The molecule has 1 atom stereocenters. The third-order valence-electron chi connectivity index (χ3n) is 4.78. The number of aromatic nitrogens is 5. The van der Waals surface area contributed by atoms with E-state index < -0.39 is 10.0 Å². The zero-order valence-electron chi connectivity index (χ0n) is 16.2. The summed E-state index contributed by atoms with van der Waals surface area (Å²) >= 11 is 2.58. The number of thiazole rings is 1. The van der Waals surface area contributed by atoms with Crippen molar-refractivity contribution in [1.82, 2.24) is 24.7 Å². The minimum Gasteiger partial charge on any atom is -0.326 e. The second-order valence-electron chi connectivity index (χ2n) is 6.89. The van der Waals surface area contributed by atoms with E-state index in [4.69, 9.17) is 0 Å². The van der Waals surface area contributed by atoms with Crippen LogP contribution >= 0.6 is 23.1 Å². The number of nitrogens with one attached hydrogen (secondary N) is 3. The number of thioether (sulfide) groups is 1. The third kappa shape index (κ3) is 3.87. The maximum absolute atomic E-state index is 12.7. The predicted molar refractivity (Wildman–Crippen MR) is 121 cm³/mol. The summed E-state index contributed by atoms with van der Waals surface area (Å²) in [6.45, 7) is 0. The van der Waals surface area contributed by atoms with Crippen LogP contribution in [-0.2, 0) is 14.8 Å². The molecule has 5 rings (SSSR count). The van der Waals surface area contributed by atoms with Crippen LogP contribution in [0.3, 0.4) is 0 Å². The molecule has 1 unspecified atom stereocenters. The lowest BCUT2D eigenvalue weighted by Gasteiger charge is -2.13. The summed E-state index contributed by atoms with van der Waals surface area (Å²) in [7, 11) is -3.77. The fourth-order valence-electron chi connectivity index (χ4n) is 3.30. The van der Waals surface area contributed by atoms with Crippen LogP contribution < -0.4 is 15.6 Å². The van der Waals surface area contributed by atoms with E-state index in [0.717, 1.165) is 0 Å². The van der Waals surface area contributed by atoms with E-state index in [0.29, 0.717) is 27.6 Å². The number of aromatic amines is 1. The van der Waals surface area contributed by atoms with Crippen LogP contribution in [0.15, 0.2) is 56.9 Å². The summed E-state index contributed by atoms with van der Waals surface area (Å²) in [6, 6.07) is 5.48. The van der Waals surface area contributed by atoms with Crippen LogP contribution in [0.25, 0.3) is 11.0 Å². The molecule has 11 nitrogen and oxygen atoms in total. The maximum atomic E-state index is 12.7. The summed E-state index contributed by atoms with van der Waals surface area (Å²) in [5.41, 5.74) is 0.645. The zero-order chi connectivity index (χ0) is 22.3. The largest absolute Gasteiger partial charge is 0.326 e. The molecule has 14 heteroatoms. The second-order valence-corrected chi connectivity index (χ2v) is 10.5. The van der Waals surface area contributed by atoms with Crippen LogP contribution in [0.2, 0.25) is 0 Å². The molecule has 4 aromatic rings. The van der Waals surface area contributed by atoms with Crippen LogP contribution in [0.1, 0.15) is 12.5 Å². The molecular formula is C18H15N7O4S3. The summed E-state index contributed by atoms with van der Waals surface area (Å²) in [5, 5.41) is 12.2. The minimum atomic E-state index is -3.77. The molecule has 1 amide bonds. The number of hydrogen-bond donors (Lipinski definition) is 3. The molecule has 0 bridgehead atoms. The highest BCUT2D eigenvalue weighted by Crippen LogP contribution is 2.33. The molecule has 164 valence electrons. The van der Waals surface area contributed by atoms with Gasteiger partial charge in [-0.3, -0.25) is 24.0 Å². The first-order chi connectivity index (χ1) is 15.4. The summed E-state index contributed by atoms with van der Waals surface area (Å²) < 4.78 is 28.7. The first-order valence-electron chi connectivity index (χ1n) is 9.31. The van der Waals surface area contributed by atoms with Crippen molar-refractivity contribution in [1.29, 1.82) is 0 Å². The van der Waals surface area contributed by atoms with E-state index in [1.165, 1.54) is 64.3 Å². The van der Waals surface area contributed by atoms with E-state index in [1.807, 2.05) is 0 Å². The van der Waals surface area contributed by atoms with Crippen molar-refractivity contribution in [3.8, 4) is 0 Å². The number of carbonyl (C=O) groups excluding carboxylic acids is 1. The summed E-state index contributed by atoms with van der Waals surface area (Å²) in [4.78, 5) is 33.7. The Morgan fingerprint density at radius 1 is 1.28 bits per heavy atom. The lowest BCUT2D eigenvalue weighted by molar-refractivity contribution is -0.116. The number of benzene rings is 1. The highest BCUT2D eigenvalue weighted by atomic mass is 32.2. The minimum absolute atomic E-state index is 0.0496. The topological polar surface area (TPSA) is 152 Å². The van der Waals surface area contributed by atoms with Crippen LogP contribution in [0.4, 0.5) is 10.8 Å². The van der Waals surface area contributed by atoms with Gasteiger partial charge in [-0.15, -0.1) is 11.3 Å². The first-order valence-corrected chi connectivity index (χ1v) is 12.7. The molecule has 0 saturated heterocycles. The van der Waals surface area contributed by atoms with Gasteiger partial charge in [-0.2, -0.15) is 5.10 Å². The van der Waals surface area contributed by atoms with E-state index >= 15 is 0 Å². The number of fused-ring (bicyclic) bond motifs is 2. The average Bonchev–Trinajstić information content (AvgIpc) is 3.50. The summed E-state index contributed by atoms with van der Waals surface area (Å²) in [6.07, 6.45) is 3.01. The number of rotatable bonds is 6. The van der Waals surface area contributed by atoms with Gasteiger partial charge in [0.25, 0.3) is 15.6 Å². The number of sulfonamides is 1. The van der Waals surface area contributed by atoms with Crippen molar-refractivity contribution < 1.29 is 13.2 Å². The van der Waals surface area contributed by atoms with Crippen molar-refractivity contribution in [2.75, 3.05) is 15.8 Å². The van der Waals surface area contributed by atoms with Crippen LogP contribution in [-0.4, -0.2) is 44.8 Å². The van der Waals surface area contributed by atoms with Gasteiger partial charge in [-0.05, 0) is 24.3 Å². The van der Waals surface area contributed by atoms with Gasteiger partial charge in [0.15, 0.2) is 15.9 Å². The van der Waals surface area contributed by atoms with Crippen LogP contribution in [0.5, 0.6) is 0 Å². The molecule has 1 aromatic carbocycles. The van der Waals surface area contributed by atoms with E-state index in [1.54, 1.807) is 5.38 Å². The van der Waals surface area contributed by atoms with Gasteiger partial charge in [0, 0.05) is 29.4 Å². The lowest BCUT2D eigenvalue weighted by atomic mass is 10.2. The monoisotopic (exact) mass is 489 g/mol. The quantitative estimate of drug-likeness (QED) is 0.348. The molecule has 3 N–H and O–H groups in total. The zero-order valence-corrected chi connectivity index (χ0v) is 18.6. The van der Waals surface area contributed by atoms with E-state index in [2.05, 4.69) is 30.2 Å². The molecule has 0 fully saturated rings. The molecule has 4 heterocycles. The average molecular weight is 490 g/mol. The number of hydrogen-bond acceptors (Lipinski definition) is 9. The second kappa shape index (κ2) is 8.03. The maximum Gasteiger partial charge on any atom is 0.265 e. The fraction of sp³-hybridized carbons (Fsp3) is 0.167. The van der Waals surface area contributed by atoms with Gasteiger partial charge in [0.1, 0.15) is 5.39 Å². The molecule has 32 heavy (non-hydrogen) atoms. The number of nitrogens with zero attached hydrogens (tertiary/aromatic N) is 4. The Morgan fingerprint density at radius 3 is 2.84 bits per heavy atom. The fourth-order valence-corrected chi connectivity index (χ4v) is 6.22. The van der Waals surface area contributed by atoms with Gasteiger partial charge >= 0.3 is 0 Å². The van der Waals surface area contributed by atoms with Crippen molar-refractivity contribution in [3.05, 3.63) is 52.4 Å². The molecule has 0 aliphatic carbocycles. The number of H-pyrrole nitrogens is 1. The summed E-state index contributed by atoms with van der Waals surface area (Å²) in [5.74, 6) is 0.258. The standard InChI is InChI=1S/C18H15N7O4S3/c26-14(7-11-9-31-18-22-15-13(8-20-23-15)16(27)25(11)18)21-10-1-3-12(4-2-10)32(28,29)24-17-19-5-6-30-17/h1-6,8,11H,7,9H2,(H,19,24)(H,20,23)(H,21,26). The van der Waals surface area contributed by atoms with Crippen molar-refractivity contribution >= 4 is 60.9 Å². The highest BCUT2D eigenvalue weighted by Gasteiger charge is 2.29. The van der Waals surface area contributed by atoms with Crippen molar-refractivity contribution in [2.45, 2.75) is 22.5 Å². The smallest absolute Gasteiger partial charge is 0.265 e. The Labute approximate surface area is 189 Å². The van der Waals surface area contributed by atoms with Crippen molar-refractivity contribution in [3.63, 3.8) is 0 Å². The van der Waals surface area contributed by atoms with E-state index in [-0.39, 0.29) is 34.0 Å². The number of amides is 1. The molecule has 0 radical (unpaired) electrons. The van der Waals surface area contributed by atoms with Gasteiger partial charge in [-0.1, -0.05) is 11.8 Å². The molecule has 0 saturated carbocycles. The lowest BCUT2D eigenvalue weighted by Crippen LogP contribution is -2.27. The number of carbonyl (C=O) groups is 1. The van der Waals surface area contributed by atoms with Gasteiger partial charge in [-0.25, -0.2) is 18.4 Å². The molecule has 1 aliphatic heterocycles. The van der Waals surface area contributed by atoms with Crippen LogP contribution in [0, 0.1) is 0 Å². The Bertz CT molecular complexity index is 1460. The Balaban J connectivity index is 1.27. The van der Waals surface area contributed by atoms with Gasteiger partial charge in [0.2, 0.25) is 5.91 Å². The predicted octanol–water partition coefficient (Wildman–Crippen LogP) is 2.05. The van der Waals surface area contributed by atoms with Gasteiger partial charge < -0.3 is 5.32 Å². The third-order valence-corrected chi connectivity index (χ3v) is 8.05. The van der Waals surface area contributed by atoms with Crippen molar-refractivity contribution in [2.24, 2.45) is 0 Å². The normalized spacial score (nSPS) is 15.6. The van der Waals surface area contributed by atoms with E-state index in [9.17, 15) is 18.0 Å². The SMILES string of the molecule is O=C(CC1CSc2nc3[nH]ncc3c(=O)n21)Nc1ccc(S(=O)(=O)Nc2nccs2)cc1.